The van der Waals surface area contributed by atoms with Gasteiger partial charge in [0.2, 0.25) is 5.43 Å². The average molecular weight is 405 g/mol. The lowest BCUT2D eigenvalue weighted by atomic mass is 10.1. The predicted octanol–water partition coefficient (Wildman–Crippen LogP) is 0.963. The summed E-state index contributed by atoms with van der Waals surface area (Å²) in [5.41, 5.74) is -1.58. The Labute approximate surface area is 163 Å². The molecule has 2 N–H and O–H groups in total. The number of benzene rings is 1. The Morgan fingerprint density at radius 3 is 2.83 bits per heavy atom. The molecule has 1 aromatic carbocycles. The first kappa shape index (κ1) is 19.1. The molecule has 3 heterocycles. The molecule has 2 atom stereocenters. The Kier molecular flexibility index (Phi) is 4.58. The molecule has 2 aliphatic rings. The summed E-state index contributed by atoms with van der Waals surface area (Å²) in [6.07, 6.45) is 0.617. The zero-order chi connectivity index (χ0) is 20.9. The van der Waals surface area contributed by atoms with Crippen LogP contribution in [0, 0.1) is 11.6 Å². The van der Waals surface area contributed by atoms with Crippen LogP contribution < -0.4 is 10.7 Å². The number of amides is 2. The van der Waals surface area contributed by atoms with Crippen LogP contribution in [0.1, 0.15) is 33.3 Å². The number of hydrogen-bond acceptors (Lipinski definition) is 5. The molecule has 10 heteroatoms. The normalized spacial score (nSPS) is 20.4. The minimum atomic E-state index is -1.01. The van der Waals surface area contributed by atoms with E-state index in [-0.39, 0.29) is 30.4 Å². The second kappa shape index (κ2) is 6.96. The SMILES string of the molecule is C[C@@H]1CO[C@H]2Cn3cc(C(=O)NCc4ccc(F)cc4F)c(=O)c(O)c3C(=O)N12. The molecule has 152 valence electrons. The van der Waals surface area contributed by atoms with E-state index < -0.39 is 46.4 Å². The van der Waals surface area contributed by atoms with E-state index in [0.717, 1.165) is 6.07 Å². The molecule has 0 spiro atoms. The molecule has 0 saturated carbocycles. The van der Waals surface area contributed by atoms with Gasteiger partial charge in [0.15, 0.2) is 17.7 Å². The van der Waals surface area contributed by atoms with Crippen LogP contribution in [0.4, 0.5) is 8.78 Å². The third-order valence-electron chi connectivity index (χ3n) is 5.06. The third-order valence-corrected chi connectivity index (χ3v) is 5.06. The molecular weight excluding hydrogens is 388 g/mol. The first-order chi connectivity index (χ1) is 13.8. The average Bonchev–Trinajstić information content (AvgIpc) is 3.04. The fourth-order valence-electron chi connectivity index (χ4n) is 3.57. The van der Waals surface area contributed by atoms with Crippen LogP contribution in [0.3, 0.4) is 0 Å². The van der Waals surface area contributed by atoms with Crippen molar-refractivity contribution in [2.24, 2.45) is 0 Å². The van der Waals surface area contributed by atoms with Crippen molar-refractivity contribution < 1.29 is 28.2 Å². The molecule has 2 amide bonds. The molecule has 1 saturated heterocycles. The smallest absolute Gasteiger partial charge is 0.276 e. The number of aromatic nitrogens is 1. The van der Waals surface area contributed by atoms with E-state index >= 15 is 0 Å². The van der Waals surface area contributed by atoms with Crippen molar-refractivity contribution in [3.8, 4) is 5.75 Å². The highest BCUT2D eigenvalue weighted by atomic mass is 19.1. The summed E-state index contributed by atoms with van der Waals surface area (Å²) in [7, 11) is 0. The second-order valence-electron chi connectivity index (χ2n) is 6.99. The summed E-state index contributed by atoms with van der Waals surface area (Å²) >= 11 is 0. The summed E-state index contributed by atoms with van der Waals surface area (Å²) in [5, 5.41) is 12.7. The minimum absolute atomic E-state index is 0.0289. The number of carbonyl (C=O) groups excluding carboxylic acids is 2. The van der Waals surface area contributed by atoms with Crippen molar-refractivity contribution in [2.75, 3.05) is 6.61 Å². The Bertz CT molecular complexity index is 1080. The molecule has 0 aliphatic carbocycles. The predicted molar refractivity (Wildman–Crippen MR) is 95.3 cm³/mol. The summed E-state index contributed by atoms with van der Waals surface area (Å²) in [4.78, 5) is 39.1. The number of carbonyl (C=O) groups is 2. The summed E-state index contributed by atoms with van der Waals surface area (Å²) < 4.78 is 33.6. The number of pyridine rings is 1. The monoisotopic (exact) mass is 405 g/mol. The Hall–Kier alpha value is -3.27. The van der Waals surface area contributed by atoms with Crippen LogP contribution in [0.25, 0.3) is 0 Å². The third kappa shape index (κ3) is 3.15. The van der Waals surface area contributed by atoms with Crippen molar-refractivity contribution >= 4 is 11.8 Å². The van der Waals surface area contributed by atoms with E-state index in [9.17, 15) is 28.3 Å². The largest absolute Gasteiger partial charge is 0.503 e. The molecule has 2 aromatic rings. The van der Waals surface area contributed by atoms with Gasteiger partial charge >= 0.3 is 0 Å². The number of aromatic hydroxyl groups is 1. The molecule has 0 bridgehead atoms. The van der Waals surface area contributed by atoms with Crippen molar-refractivity contribution in [3.63, 3.8) is 0 Å². The molecule has 0 radical (unpaired) electrons. The van der Waals surface area contributed by atoms with Crippen LogP contribution in [0.2, 0.25) is 0 Å². The van der Waals surface area contributed by atoms with Gasteiger partial charge in [-0.3, -0.25) is 14.4 Å². The Morgan fingerprint density at radius 1 is 1.34 bits per heavy atom. The molecule has 1 fully saturated rings. The van der Waals surface area contributed by atoms with Crippen molar-refractivity contribution in [1.29, 1.82) is 0 Å². The highest BCUT2D eigenvalue weighted by Gasteiger charge is 2.42. The van der Waals surface area contributed by atoms with Crippen LogP contribution in [0.5, 0.6) is 5.75 Å². The van der Waals surface area contributed by atoms with Gasteiger partial charge in [-0.15, -0.1) is 0 Å². The summed E-state index contributed by atoms with van der Waals surface area (Å²) in [5.74, 6) is -3.83. The van der Waals surface area contributed by atoms with E-state index in [4.69, 9.17) is 4.74 Å². The number of nitrogens with zero attached hydrogens (tertiary/aromatic N) is 2. The molecule has 0 unspecified atom stereocenters. The molecular formula is C19H17F2N3O5. The molecule has 4 rings (SSSR count). The van der Waals surface area contributed by atoms with E-state index in [1.54, 1.807) is 6.92 Å². The number of halogens is 2. The highest BCUT2D eigenvalue weighted by Crippen LogP contribution is 2.29. The van der Waals surface area contributed by atoms with Gasteiger partial charge in [-0.05, 0) is 13.0 Å². The van der Waals surface area contributed by atoms with Gasteiger partial charge < -0.3 is 24.6 Å². The fraction of sp³-hybridized carbons (Fsp3) is 0.316. The van der Waals surface area contributed by atoms with Gasteiger partial charge in [0.1, 0.15) is 17.2 Å². The molecule has 29 heavy (non-hydrogen) atoms. The number of rotatable bonds is 3. The van der Waals surface area contributed by atoms with Gasteiger partial charge in [-0.1, -0.05) is 6.07 Å². The van der Waals surface area contributed by atoms with Gasteiger partial charge in [-0.2, -0.15) is 0 Å². The van der Waals surface area contributed by atoms with Crippen LogP contribution in [-0.4, -0.2) is 45.3 Å². The fourth-order valence-corrected chi connectivity index (χ4v) is 3.57. The van der Waals surface area contributed by atoms with E-state index in [1.807, 2.05) is 0 Å². The van der Waals surface area contributed by atoms with Crippen molar-refractivity contribution in [1.82, 2.24) is 14.8 Å². The number of ether oxygens (including phenoxy) is 1. The Balaban J connectivity index is 1.62. The second-order valence-corrected chi connectivity index (χ2v) is 6.99. The molecule has 1 aromatic heterocycles. The molecule has 2 aliphatic heterocycles. The maximum atomic E-state index is 13.7. The summed E-state index contributed by atoms with van der Waals surface area (Å²) in [6.45, 7) is 1.97. The maximum Gasteiger partial charge on any atom is 0.276 e. The number of nitrogens with one attached hydrogen (secondary N) is 1. The van der Waals surface area contributed by atoms with E-state index in [1.165, 1.54) is 21.7 Å². The first-order valence-corrected chi connectivity index (χ1v) is 8.90. The van der Waals surface area contributed by atoms with Crippen LogP contribution >= 0.6 is 0 Å². The van der Waals surface area contributed by atoms with E-state index in [0.29, 0.717) is 12.7 Å². The van der Waals surface area contributed by atoms with Gasteiger partial charge in [0.05, 0.1) is 19.2 Å². The zero-order valence-electron chi connectivity index (χ0n) is 15.3. The van der Waals surface area contributed by atoms with Gasteiger partial charge in [0, 0.05) is 24.4 Å². The highest BCUT2D eigenvalue weighted by molar-refractivity contribution is 5.99. The van der Waals surface area contributed by atoms with Crippen molar-refractivity contribution in [2.45, 2.75) is 32.3 Å². The summed E-state index contributed by atoms with van der Waals surface area (Å²) in [6, 6.07) is 2.70. The number of fused-ring (bicyclic) bond motifs is 2. The standard InChI is InChI=1S/C19H17F2N3O5/c1-9-8-29-14-7-23-6-12(16(25)17(26)15(23)19(28)24(9)14)18(27)22-5-10-2-3-11(20)4-13(10)21/h2-4,6,9,14,26H,5,7-8H2,1H3,(H,22,27)/t9-,14+/m1/s1. The van der Waals surface area contributed by atoms with Crippen LogP contribution in [-0.2, 0) is 17.8 Å². The lowest BCUT2D eigenvalue weighted by molar-refractivity contribution is 0.00624. The topological polar surface area (TPSA) is 101 Å². The quantitative estimate of drug-likeness (QED) is 0.792. The maximum absolute atomic E-state index is 13.7. The number of hydrogen-bond donors (Lipinski definition) is 2. The lowest BCUT2D eigenvalue weighted by Gasteiger charge is -2.33. The minimum Gasteiger partial charge on any atom is -0.503 e. The first-order valence-electron chi connectivity index (χ1n) is 8.90. The van der Waals surface area contributed by atoms with Gasteiger partial charge in [0.25, 0.3) is 11.8 Å². The van der Waals surface area contributed by atoms with Crippen LogP contribution in [0.15, 0.2) is 29.2 Å². The lowest BCUT2D eigenvalue weighted by Crippen LogP contribution is -2.49. The molecule has 8 nitrogen and oxygen atoms in total. The van der Waals surface area contributed by atoms with Crippen molar-refractivity contribution in [3.05, 3.63) is 63.1 Å². The zero-order valence-corrected chi connectivity index (χ0v) is 15.3. The Morgan fingerprint density at radius 2 is 2.10 bits per heavy atom. The van der Waals surface area contributed by atoms with E-state index in [2.05, 4.69) is 5.32 Å². The van der Waals surface area contributed by atoms with Gasteiger partial charge in [-0.25, -0.2) is 8.78 Å².